The van der Waals surface area contributed by atoms with Crippen LogP contribution in [0.5, 0.6) is 5.75 Å². The van der Waals surface area contributed by atoms with Crippen LogP contribution in [-0.4, -0.2) is 43.4 Å². The van der Waals surface area contributed by atoms with Crippen LogP contribution in [-0.2, 0) is 6.54 Å². The van der Waals surface area contributed by atoms with Gasteiger partial charge in [0.2, 0.25) is 5.95 Å². The number of imidazole rings is 1. The van der Waals surface area contributed by atoms with Crippen molar-refractivity contribution in [3.8, 4) is 5.75 Å². The van der Waals surface area contributed by atoms with Crippen molar-refractivity contribution in [2.45, 2.75) is 77.1 Å². The van der Waals surface area contributed by atoms with Gasteiger partial charge < -0.3 is 30.8 Å². The molecule has 1 atom stereocenters. The van der Waals surface area contributed by atoms with Crippen LogP contribution in [0.15, 0.2) is 24.5 Å². The van der Waals surface area contributed by atoms with E-state index in [-0.39, 0.29) is 6.04 Å². The number of aromatic nitrogens is 4. The van der Waals surface area contributed by atoms with Gasteiger partial charge >= 0.3 is 0 Å². The standard InChI is InChI=1S/C24H35N7O2/c1-15(24(2,3)32)28-23-29-21(26-13-16-9-8-12-18(33-4)19(16)25)20-22(30-23)31(14-27-20)17-10-6-5-7-11-17/h8-9,12,14-15,17,32H,5-7,10-11,13,25H2,1-4H3,(H2,26,28,29,30). The van der Waals surface area contributed by atoms with Crippen LogP contribution in [0.4, 0.5) is 17.5 Å². The molecule has 1 aromatic carbocycles. The lowest BCUT2D eigenvalue weighted by Gasteiger charge is -2.27. The normalized spacial score (nSPS) is 16.0. The van der Waals surface area contributed by atoms with Crippen LogP contribution < -0.4 is 21.1 Å². The molecule has 3 aromatic rings. The number of para-hydroxylation sites is 1. The van der Waals surface area contributed by atoms with Gasteiger partial charge in [0.25, 0.3) is 0 Å². The van der Waals surface area contributed by atoms with Crippen LogP contribution in [0.1, 0.15) is 64.5 Å². The van der Waals surface area contributed by atoms with Gasteiger partial charge in [0, 0.05) is 12.6 Å². The third-order valence-corrected chi connectivity index (χ3v) is 6.62. The van der Waals surface area contributed by atoms with Gasteiger partial charge in [-0.15, -0.1) is 0 Å². The Morgan fingerprint density at radius 3 is 2.70 bits per heavy atom. The first-order valence-corrected chi connectivity index (χ1v) is 11.7. The number of ether oxygens (including phenoxy) is 1. The lowest BCUT2D eigenvalue weighted by Crippen LogP contribution is -2.39. The number of nitrogens with one attached hydrogen (secondary N) is 2. The number of nitrogen functional groups attached to an aromatic ring is 1. The predicted molar refractivity (Wildman–Crippen MR) is 132 cm³/mol. The Balaban J connectivity index is 1.70. The Bertz CT molecular complexity index is 1100. The highest BCUT2D eigenvalue weighted by molar-refractivity contribution is 5.84. The SMILES string of the molecule is COc1cccc(CNc2nc(NC(C)C(C)(C)O)nc3c2ncn3C2CCCCC2)c1N. The number of hydrogen-bond donors (Lipinski definition) is 4. The highest BCUT2D eigenvalue weighted by atomic mass is 16.5. The number of hydrogen-bond acceptors (Lipinski definition) is 8. The zero-order valence-corrected chi connectivity index (χ0v) is 19.9. The van der Waals surface area contributed by atoms with Crippen LogP contribution >= 0.6 is 0 Å². The summed E-state index contributed by atoms with van der Waals surface area (Å²) in [5, 5.41) is 17.1. The van der Waals surface area contributed by atoms with E-state index in [0.717, 1.165) is 29.6 Å². The zero-order chi connectivity index (χ0) is 23.6. The van der Waals surface area contributed by atoms with E-state index in [4.69, 9.17) is 20.4 Å². The van der Waals surface area contributed by atoms with Gasteiger partial charge in [-0.05, 0) is 45.2 Å². The molecule has 0 radical (unpaired) electrons. The molecule has 0 bridgehead atoms. The third-order valence-electron chi connectivity index (χ3n) is 6.62. The lowest BCUT2D eigenvalue weighted by atomic mass is 9.95. The van der Waals surface area contributed by atoms with Crippen molar-refractivity contribution in [2.24, 2.45) is 0 Å². The summed E-state index contributed by atoms with van der Waals surface area (Å²) in [5.74, 6) is 1.73. The van der Waals surface area contributed by atoms with E-state index in [1.54, 1.807) is 21.0 Å². The number of nitrogens with two attached hydrogens (primary N) is 1. The number of nitrogens with zero attached hydrogens (tertiary/aromatic N) is 4. The second kappa shape index (κ2) is 9.43. The molecule has 1 saturated carbocycles. The number of rotatable bonds is 8. The van der Waals surface area contributed by atoms with Gasteiger partial charge in [-0.2, -0.15) is 9.97 Å². The number of aliphatic hydroxyl groups is 1. The molecule has 9 nitrogen and oxygen atoms in total. The van der Waals surface area contributed by atoms with Crippen molar-refractivity contribution in [1.82, 2.24) is 19.5 Å². The molecule has 4 rings (SSSR count). The molecule has 2 aromatic heterocycles. The largest absolute Gasteiger partial charge is 0.495 e. The molecule has 9 heteroatoms. The van der Waals surface area contributed by atoms with E-state index in [0.29, 0.717) is 35.8 Å². The molecule has 0 saturated heterocycles. The smallest absolute Gasteiger partial charge is 0.227 e. The minimum atomic E-state index is -0.926. The van der Waals surface area contributed by atoms with Gasteiger partial charge in [0.05, 0.1) is 30.8 Å². The monoisotopic (exact) mass is 453 g/mol. The summed E-state index contributed by atoms with van der Waals surface area (Å²) in [4.78, 5) is 14.2. The molecule has 1 unspecified atom stereocenters. The number of fused-ring (bicyclic) bond motifs is 1. The second-order valence-electron chi connectivity index (χ2n) is 9.42. The summed E-state index contributed by atoms with van der Waals surface area (Å²) in [5.41, 5.74) is 8.36. The van der Waals surface area contributed by atoms with Crippen molar-refractivity contribution >= 4 is 28.6 Å². The minimum absolute atomic E-state index is 0.247. The van der Waals surface area contributed by atoms with E-state index in [2.05, 4.69) is 20.2 Å². The van der Waals surface area contributed by atoms with Gasteiger partial charge in [-0.25, -0.2) is 4.98 Å². The maximum Gasteiger partial charge on any atom is 0.227 e. The van der Waals surface area contributed by atoms with Crippen molar-refractivity contribution in [1.29, 1.82) is 0 Å². The molecule has 0 aliphatic heterocycles. The summed E-state index contributed by atoms with van der Waals surface area (Å²) < 4.78 is 7.53. The molecule has 0 spiro atoms. The topological polar surface area (TPSA) is 123 Å². The number of anilines is 3. The lowest BCUT2D eigenvalue weighted by molar-refractivity contribution is 0.0646. The third kappa shape index (κ3) is 4.98. The van der Waals surface area contributed by atoms with Gasteiger partial charge in [-0.1, -0.05) is 31.4 Å². The summed E-state index contributed by atoms with van der Waals surface area (Å²) in [6.07, 6.45) is 7.85. The Labute approximate surface area is 194 Å². The number of benzene rings is 1. The van der Waals surface area contributed by atoms with Crippen molar-refractivity contribution in [3.63, 3.8) is 0 Å². The van der Waals surface area contributed by atoms with Crippen LogP contribution in [0.25, 0.3) is 11.2 Å². The first kappa shape index (κ1) is 23.1. The molecule has 178 valence electrons. The number of methoxy groups -OCH3 is 1. The van der Waals surface area contributed by atoms with Crippen LogP contribution in [0.3, 0.4) is 0 Å². The van der Waals surface area contributed by atoms with E-state index in [9.17, 15) is 5.11 Å². The van der Waals surface area contributed by atoms with E-state index in [1.807, 2.05) is 31.5 Å². The van der Waals surface area contributed by atoms with Crippen LogP contribution in [0.2, 0.25) is 0 Å². The highest BCUT2D eigenvalue weighted by Gasteiger charge is 2.25. The quantitative estimate of drug-likeness (QED) is 0.376. The molecule has 1 aliphatic carbocycles. The first-order chi connectivity index (χ1) is 15.8. The Hall–Kier alpha value is -3.07. The van der Waals surface area contributed by atoms with Gasteiger partial charge in [0.1, 0.15) is 5.75 Å². The van der Waals surface area contributed by atoms with Crippen molar-refractivity contribution in [3.05, 3.63) is 30.1 Å². The van der Waals surface area contributed by atoms with E-state index in [1.165, 1.54) is 19.3 Å². The summed E-state index contributed by atoms with van der Waals surface area (Å²) in [7, 11) is 1.61. The molecule has 1 fully saturated rings. The van der Waals surface area contributed by atoms with Gasteiger partial charge in [0.15, 0.2) is 17.0 Å². The van der Waals surface area contributed by atoms with E-state index >= 15 is 0 Å². The van der Waals surface area contributed by atoms with E-state index < -0.39 is 5.60 Å². The summed E-state index contributed by atoms with van der Waals surface area (Å²) in [6, 6.07) is 5.85. The molecule has 5 N–H and O–H groups in total. The fourth-order valence-electron chi connectivity index (χ4n) is 4.20. The fourth-order valence-corrected chi connectivity index (χ4v) is 4.20. The molecule has 2 heterocycles. The second-order valence-corrected chi connectivity index (χ2v) is 9.42. The Morgan fingerprint density at radius 2 is 2.00 bits per heavy atom. The van der Waals surface area contributed by atoms with Gasteiger partial charge in [-0.3, -0.25) is 0 Å². The maximum atomic E-state index is 10.4. The molecule has 33 heavy (non-hydrogen) atoms. The average Bonchev–Trinajstić information content (AvgIpc) is 3.22. The van der Waals surface area contributed by atoms with Crippen molar-refractivity contribution in [2.75, 3.05) is 23.5 Å². The molecule has 0 amide bonds. The minimum Gasteiger partial charge on any atom is -0.495 e. The average molecular weight is 454 g/mol. The fraction of sp³-hybridized carbons (Fsp3) is 0.542. The molecular formula is C24H35N7O2. The Morgan fingerprint density at radius 1 is 1.24 bits per heavy atom. The highest BCUT2D eigenvalue weighted by Crippen LogP contribution is 2.33. The molecular weight excluding hydrogens is 418 g/mol. The first-order valence-electron chi connectivity index (χ1n) is 11.7. The Kier molecular flexibility index (Phi) is 6.60. The predicted octanol–water partition coefficient (Wildman–Crippen LogP) is 4.11. The summed E-state index contributed by atoms with van der Waals surface area (Å²) in [6.45, 7) is 5.91. The summed E-state index contributed by atoms with van der Waals surface area (Å²) >= 11 is 0. The maximum absolute atomic E-state index is 10.4. The molecule has 1 aliphatic rings. The van der Waals surface area contributed by atoms with Crippen molar-refractivity contribution < 1.29 is 9.84 Å². The zero-order valence-electron chi connectivity index (χ0n) is 19.9. The van der Waals surface area contributed by atoms with Crippen LogP contribution in [0, 0.1) is 0 Å².